The summed E-state index contributed by atoms with van der Waals surface area (Å²) in [5.41, 5.74) is 0.344. The lowest BCUT2D eigenvalue weighted by atomic mass is 10.3. The van der Waals surface area contributed by atoms with E-state index in [9.17, 15) is 13.2 Å². The van der Waals surface area contributed by atoms with E-state index in [4.69, 9.17) is 11.6 Å². The second-order valence-corrected chi connectivity index (χ2v) is 7.39. The van der Waals surface area contributed by atoms with Crippen molar-refractivity contribution in [2.45, 2.75) is 4.90 Å². The van der Waals surface area contributed by atoms with Crippen molar-refractivity contribution in [1.29, 1.82) is 0 Å². The van der Waals surface area contributed by atoms with Gasteiger partial charge in [-0.05, 0) is 30.3 Å². The first-order valence-electron chi connectivity index (χ1n) is 6.86. The summed E-state index contributed by atoms with van der Waals surface area (Å²) in [5, 5.41) is 0.396. The van der Waals surface area contributed by atoms with Crippen LogP contribution in [0.1, 0.15) is 0 Å². The third-order valence-electron chi connectivity index (χ3n) is 3.21. The zero-order chi connectivity index (χ0) is 17.0. The van der Waals surface area contributed by atoms with Crippen LogP contribution < -0.4 is 4.31 Å². The second-order valence-electron chi connectivity index (χ2n) is 5.09. The Morgan fingerprint density at radius 2 is 1.70 bits per heavy atom. The summed E-state index contributed by atoms with van der Waals surface area (Å²) in [7, 11) is -0.718. The monoisotopic (exact) mass is 352 g/mol. The average Bonchev–Trinajstić information content (AvgIpc) is 2.52. The fourth-order valence-corrected chi connectivity index (χ4v) is 3.54. The van der Waals surface area contributed by atoms with E-state index >= 15 is 0 Å². The maximum absolute atomic E-state index is 12.9. The fourth-order valence-electron chi connectivity index (χ4n) is 1.93. The van der Waals surface area contributed by atoms with Crippen LogP contribution in [0.4, 0.5) is 5.69 Å². The van der Waals surface area contributed by atoms with Crippen molar-refractivity contribution in [2.75, 3.05) is 24.9 Å². The van der Waals surface area contributed by atoms with Crippen LogP contribution in [0, 0.1) is 0 Å². The number of amides is 1. The molecule has 2 aromatic carbocycles. The number of sulfonamides is 1. The van der Waals surface area contributed by atoms with Crippen molar-refractivity contribution in [3.05, 3.63) is 59.6 Å². The largest absolute Gasteiger partial charge is 0.347 e. The number of rotatable bonds is 5. The van der Waals surface area contributed by atoms with Crippen LogP contribution in [0.2, 0.25) is 5.02 Å². The highest BCUT2D eigenvalue weighted by Gasteiger charge is 2.27. The van der Waals surface area contributed by atoms with Gasteiger partial charge >= 0.3 is 0 Å². The van der Waals surface area contributed by atoms with E-state index in [2.05, 4.69) is 0 Å². The van der Waals surface area contributed by atoms with Gasteiger partial charge in [0.25, 0.3) is 10.0 Å². The molecule has 1 amide bonds. The van der Waals surface area contributed by atoms with Crippen molar-refractivity contribution < 1.29 is 13.2 Å². The van der Waals surface area contributed by atoms with E-state index in [1.165, 1.54) is 23.1 Å². The zero-order valence-corrected chi connectivity index (χ0v) is 14.4. The molecule has 0 atom stereocenters. The van der Waals surface area contributed by atoms with Gasteiger partial charge in [-0.25, -0.2) is 8.42 Å². The second kappa shape index (κ2) is 7.02. The smallest absolute Gasteiger partial charge is 0.264 e. The summed E-state index contributed by atoms with van der Waals surface area (Å²) in [6, 6.07) is 14.4. The van der Waals surface area contributed by atoms with Crippen molar-refractivity contribution in [1.82, 2.24) is 4.90 Å². The molecule has 0 saturated heterocycles. The van der Waals surface area contributed by atoms with Crippen LogP contribution in [0.25, 0.3) is 0 Å². The predicted octanol–water partition coefficient (Wildman–Crippen LogP) is 2.62. The van der Waals surface area contributed by atoms with Gasteiger partial charge in [0, 0.05) is 19.1 Å². The number of hydrogen-bond acceptors (Lipinski definition) is 3. The average molecular weight is 353 g/mol. The molecule has 0 spiro atoms. The maximum atomic E-state index is 12.9. The first-order chi connectivity index (χ1) is 10.8. The highest BCUT2D eigenvalue weighted by atomic mass is 35.5. The molecule has 0 N–H and O–H groups in total. The molecule has 2 aromatic rings. The lowest BCUT2D eigenvalue weighted by Crippen LogP contribution is -2.40. The van der Waals surface area contributed by atoms with Crippen molar-refractivity contribution in [2.24, 2.45) is 0 Å². The van der Waals surface area contributed by atoms with Gasteiger partial charge in [-0.3, -0.25) is 9.10 Å². The molecule has 0 fully saturated rings. The third-order valence-corrected chi connectivity index (χ3v) is 5.23. The normalized spacial score (nSPS) is 11.1. The van der Waals surface area contributed by atoms with E-state index < -0.39 is 10.0 Å². The Hall–Kier alpha value is -2.05. The van der Waals surface area contributed by atoms with Crippen LogP contribution in [0.3, 0.4) is 0 Å². The lowest BCUT2D eigenvalue weighted by molar-refractivity contribution is -0.127. The molecule has 2 rings (SSSR count). The zero-order valence-electron chi connectivity index (χ0n) is 12.8. The van der Waals surface area contributed by atoms with Gasteiger partial charge in [-0.15, -0.1) is 0 Å². The van der Waals surface area contributed by atoms with Crippen LogP contribution in [0.15, 0.2) is 59.5 Å². The van der Waals surface area contributed by atoms with E-state index in [1.807, 2.05) is 0 Å². The maximum Gasteiger partial charge on any atom is 0.264 e. The van der Waals surface area contributed by atoms with Gasteiger partial charge in [0.1, 0.15) is 6.54 Å². The number of nitrogens with zero attached hydrogens (tertiary/aromatic N) is 2. The molecule has 0 aliphatic rings. The number of likely N-dealkylation sites (N-methyl/N-ethyl adjacent to an activating group) is 1. The SMILES string of the molecule is CN(C)C(=O)CN(c1cccc(Cl)c1)S(=O)(=O)c1ccccc1. The Kier molecular flexibility index (Phi) is 5.28. The van der Waals surface area contributed by atoms with Gasteiger partial charge in [0.15, 0.2) is 0 Å². The van der Waals surface area contributed by atoms with Crippen LogP contribution in [0.5, 0.6) is 0 Å². The highest BCUT2D eigenvalue weighted by Crippen LogP contribution is 2.26. The minimum atomic E-state index is -3.87. The van der Waals surface area contributed by atoms with Gasteiger partial charge in [0.05, 0.1) is 10.6 Å². The van der Waals surface area contributed by atoms with Crippen molar-refractivity contribution in [3.63, 3.8) is 0 Å². The number of carbonyl (C=O) groups is 1. The topological polar surface area (TPSA) is 57.7 Å². The summed E-state index contributed by atoms with van der Waals surface area (Å²) in [4.78, 5) is 13.5. The Labute approximate surface area is 141 Å². The molecule has 0 aromatic heterocycles. The fraction of sp³-hybridized carbons (Fsp3) is 0.188. The molecule has 0 aliphatic heterocycles. The first-order valence-corrected chi connectivity index (χ1v) is 8.67. The number of halogens is 1. The predicted molar refractivity (Wildman–Crippen MR) is 91.1 cm³/mol. The molecule has 122 valence electrons. The van der Waals surface area contributed by atoms with E-state index in [-0.39, 0.29) is 17.3 Å². The molecule has 0 heterocycles. The highest BCUT2D eigenvalue weighted by molar-refractivity contribution is 7.92. The summed E-state index contributed by atoms with van der Waals surface area (Å²) in [6.07, 6.45) is 0. The Morgan fingerprint density at radius 3 is 2.26 bits per heavy atom. The number of benzene rings is 2. The molecule has 5 nitrogen and oxygen atoms in total. The standard InChI is InChI=1S/C16H17ClN2O3S/c1-18(2)16(20)12-19(14-8-6-7-13(17)11-14)23(21,22)15-9-4-3-5-10-15/h3-11H,12H2,1-2H3. The van der Waals surface area contributed by atoms with E-state index in [0.29, 0.717) is 10.7 Å². The summed E-state index contributed by atoms with van der Waals surface area (Å²) in [6.45, 7) is -0.301. The number of anilines is 1. The molecule has 23 heavy (non-hydrogen) atoms. The van der Waals surface area contributed by atoms with Crippen LogP contribution >= 0.6 is 11.6 Å². The van der Waals surface area contributed by atoms with E-state index in [0.717, 1.165) is 4.31 Å². The van der Waals surface area contributed by atoms with Gasteiger partial charge in [-0.1, -0.05) is 35.9 Å². The third kappa shape index (κ3) is 4.03. The van der Waals surface area contributed by atoms with Crippen LogP contribution in [-0.4, -0.2) is 39.9 Å². The van der Waals surface area contributed by atoms with Crippen molar-refractivity contribution >= 4 is 33.2 Å². The summed E-state index contributed by atoms with van der Waals surface area (Å²) < 4.78 is 26.9. The molecule has 7 heteroatoms. The quantitative estimate of drug-likeness (QED) is 0.831. The first kappa shape index (κ1) is 17.3. The number of carbonyl (C=O) groups excluding carboxylic acids is 1. The molecular weight excluding hydrogens is 336 g/mol. The Balaban J connectivity index is 2.51. The minimum Gasteiger partial charge on any atom is -0.347 e. The van der Waals surface area contributed by atoms with Gasteiger partial charge < -0.3 is 4.90 Å². The summed E-state index contributed by atoms with van der Waals surface area (Å²) in [5.74, 6) is -0.329. The summed E-state index contributed by atoms with van der Waals surface area (Å²) >= 11 is 5.97. The van der Waals surface area contributed by atoms with Gasteiger partial charge in [-0.2, -0.15) is 0 Å². The Bertz CT molecular complexity index is 792. The molecule has 0 radical (unpaired) electrons. The van der Waals surface area contributed by atoms with E-state index in [1.54, 1.807) is 50.5 Å². The minimum absolute atomic E-state index is 0.117. The molecular formula is C16H17ClN2O3S. The Morgan fingerprint density at radius 1 is 1.04 bits per heavy atom. The lowest BCUT2D eigenvalue weighted by Gasteiger charge is -2.25. The molecule has 0 saturated carbocycles. The molecule has 0 aliphatic carbocycles. The number of hydrogen-bond donors (Lipinski definition) is 0. The van der Waals surface area contributed by atoms with Gasteiger partial charge in [0.2, 0.25) is 5.91 Å². The van der Waals surface area contributed by atoms with Crippen molar-refractivity contribution in [3.8, 4) is 0 Å². The molecule has 0 bridgehead atoms. The molecule has 0 unspecified atom stereocenters. The van der Waals surface area contributed by atoms with Crippen LogP contribution in [-0.2, 0) is 14.8 Å².